The van der Waals surface area contributed by atoms with E-state index in [0.717, 1.165) is 4.90 Å². The molecule has 9 heteroatoms. The van der Waals surface area contributed by atoms with E-state index in [0.29, 0.717) is 60.4 Å². The van der Waals surface area contributed by atoms with E-state index in [1.54, 1.807) is 43.5 Å². The number of nitrogens with one attached hydrogen (secondary N) is 1. The van der Waals surface area contributed by atoms with Crippen molar-refractivity contribution in [3.8, 4) is 23.0 Å². The summed E-state index contributed by atoms with van der Waals surface area (Å²) in [5, 5.41) is 11.3. The highest BCUT2D eigenvalue weighted by atomic mass is 16.6. The molecular weight excluding hydrogens is 440 g/mol. The predicted octanol–water partition coefficient (Wildman–Crippen LogP) is 1.04. The van der Waals surface area contributed by atoms with Gasteiger partial charge in [0.2, 0.25) is 0 Å². The van der Waals surface area contributed by atoms with Crippen LogP contribution in [0.5, 0.6) is 23.0 Å². The minimum Gasteiger partial charge on any atom is -0.507 e. The van der Waals surface area contributed by atoms with Crippen molar-refractivity contribution in [2.24, 2.45) is 0 Å². The SMILES string of the molecule is COc1ccc([C@H]2C(=C(O)c3ccc4c(c3)OCCO4)C(=O)C(=O)N2CC[NH+](C)C)c(OC)c1. The number of Topliss-reactive ketones (excluding diaryl/α,β-unsaturated/α-hetero) is 1. The van der Waals surface area contributed by atoms with Gasteiger partial charge in [0, 0.05) is 17.2 Å². The van der Waals surface area contributed by atoms with Crippen molar-refractivity contribution in [3.63, 3.8) is 0 Å². The van der Waals surface area contributed by atoms with Crippen LogP contribution < -0.4 is 23.8 Å². The number of fused-ring (bicyclic) bond motifs is 1. The van der Waals surface area contributed by atoms with Crippen LogP contribution in [-0.2, 0) is 9.59 Å². The van der Waals surface area contributed by atoms with E-state index in [2.05, 4.69) is 0 Å². The number of ketones is 1. The van der Waals surface area contributed by atoms with Crippen LogP contribution in [0.3, 0.4) is 0 Å². The molecule has 34 heavy (non-hydrogen) atoms. The normalized spacial score (nSPS) is 19.0. The summed E-state index contributed by atoms with van der Waals surface area (Å²) in [6.07, 6.45) is 0. The van der Waals surface area contributed by atoms with Gasteiger partial charge in [0.1, 0.15) is 30.5 Å². The third-order valence-corrected chi connectivity index (χ3v) is 5.94. The molecule has 1 fully saturated rings. The molecule has 2 aliphatic heterocycles. The summed E-state index contributed by atoms with van der Waals surface area (Å²) in [7, 11) is 6.99. The minimum atomic E-state index is -0.826. The quantitative estimate of drug-likeness (QED) is 0.355. The summed E-state index contributed by atoms with van der Waals surface area (Å²) >= 11 is 0. The molecule has 4 rings (SSSR count). The van der Waals surface area contributed by atoms with Gasteiger partial charge in [-0.2, -0.15) is 0 Å². The summed E-state index contributed by atoms with van der Waals surface area (Å²) < 4.78 is 22.1. The van der Waals surface area contributed by atoms with E-state index in [4.69, 9.17) is 18.9 Å². The third kappa shape index (κ3) is 4.26. The van der Waals surface area contributed by atoms with Crippen molar-refractivity contribution in [2.45, 2.75) is 6.04 Å². The lowest BCUT2D eigenvalue weighted by Gasteiger charge is -2.27. The zero-order chi connectivity index (χ0) is 24.4. The second-order valence-electron chi connectivity index (χ2n) is 8.42. The number of amides is 1. The van der Waals surface area contributed by atoms with E-state index in [-0.39, 0.29) is 11.3 Å². The van der Waals surface area contributed by atoms with Gasteiger partial charge in [-0.1, -0.05) is 0 Å². The average Bonchev–Trinajstić information content (AvgIpc) is 3.10. The smallest absolute Gasteiger partial charge is 0.295 e. The first-order chi connectivity index (χ1) is 16.3. The highest BCUT2D eigenvalue weighted by Gasteiger charge is 2.47. The van der Waals surface area contributed by atoms with Crippen LogP contribution in [-0.4, -0.2) is 76.3 Å². The maximum Gasteiger partial charge on any atom is 0.295 e. The number of hydrogen-bond donors (Lipinski definition) is 2. The molecule has 2 N–H and O–H groups in total. The number of quaternary nitrogens is 1. The van der Waals surface area contributed by atoms with Crippen LogP contribution >= 0.6 is 0 Å². The van der Waals surface area contributed by atoms with E-state index >= 15 is 0 Å². The van der Waals surface area contributed by atoms with Crippen molar-refractivity contribution >= 4 is 17.4 Å². The standard InChI is InChI=1S/C25H28N2O7/c1-26(2)9-10-27-22(17-7-6-16(31-3)14-19(17)32-4)21(24(29)25(27)30)23(28)15-5-8-18-20(13-15)34-12-11-33-18/h5-8,13-14,22,28H,9-12H2,1-4H3/p+1/t22-/m0/s1. The number of rotatable bonds is 7. The van der Waals surface area contributed by atoms with E-state index < -0.39 is 17.7 Å². The Labute approximate surface area is 198 Å². The first kappa shape index (κ1) is 23.4. The highest BCUT2D eigenvalue weighted by Crippen LogP contribution is 2.44. The minimum absolute atomic E-state index is 0.00102. The zero-order valence-corrected chi connectivity index (χ0v) is 19.7. The van der Waals surface area contributed by atoms with Crippen molar-refractivity contribution in [1.82, 2.24) is 4.90 Å². The molecule has 9 nitrogen and oxygen atoms in total. The molecule has 0 aliphatic carbocycles. The number of aliphatic hydroxyl groups excluding tert-OH is 1. The van der Waals surface area contributed by atoms with Gasteiger partial charge in [-0.05, 0) is 30.3 Å². The van der Waals surface area contributed by atoms with E-state index in [1.165, 1.54) is 12.0 Å². The second-order valence-corrected chi connectivity index (χ2v) is 8.42. The number of methoxy groups -OCH3 is 2. The zero-order valence-electron chi connectivity index (χ0n) is 19.7. The number of hydrogen-bond acceptors (Lipinski definition) is 7. The Morgan fingerprint density at radius 3 is 2.47 bits per heavy atom. The van der Waals surface area contributed by atoms with Gasteiger partial charge in [-0.3, -0.25) is 9.59 Å². The number of likely N-dealkylation sites (N-methyl/N-ethyl adjacent to an activating group) is 1. The number of nitrogens with zero attached hydrogens (tertiary/aromatic N) is 1. The Balaban J connectivity index is 1.87. The van der Waals surface area contributed by atoms with Gasteiger partial charge in [0.15, 0.2) is 11.5 Å². The summed E-state index contributed by atoms with van der Waals surface area (Å²) in [5.41, 5.74) is 0.937. The number of carbonyl (C=O) groups is 2. The molecule has 0 saturated carbocycles. The topological polar surface area (TPSA) is 99.0 Å². The number of likely N-dealkylation sites (tertiary alicyclic amines) is 1. The van der Waals surface area contributed by atoms with Crippen molar-refractivity contribution < 1.29 is 38.5 Å². The molecule has 0 radical (unpaired) electrons. The molecule has 2 heterocycles. The highest BCUT2D eigenvalue weighted by molar-refractivity contribution is 6.46. The summed E-state index contributed by atoms with van der Waals surface area (Å²) in [5.74, 6) is 0.360. The first-order valence-corrected chi connectivity index (χ1v) is 11.0. The third-order valence-electron chi connectivity index (χ3n) is 5.94. The Morgan fingerprint density at radius 1 is 1.06 bits per heavy atom. The number of benzene rings is 2. The average molecular weight is 470 g/mol. The number of ether oxygens (including phenoxy) is 4. The van der Waals surface area contributed by atoms with Crippen LogP contribution in [0.4, 0.5) is 0 Å². The van der Waals surface area contributed by atoms with Crippen molar-refractivity contribution in [1.29, 1.82) is 0 Å². The summed E-state index contributed by atoms with van der Waals surface area (Å²) in [6, 6.07) is 9.29. The number of carbonyl (C=O) groups excluding carboxylic acids is 2. The fourth-order valence-corrected chi connectivity index (χ4v) is 4.17. The van der Waals surface area contributed by atoms with Crippen molar-refractivity contribution in [3.05, 3.63) is 53.1 Å². The molecule has 1 saturated heterocycles. The van der Waals surface area contributed by atoms with Gasteiger partial charge in [0.25, 0.3) is 11.7 Å². The lowest BCUT2D eigenvalue weighted by atomic mass is 9.94. The Hall–Kier alpha value is -3.72. The van der Waals surface area contributed by atoms with Crippen LogP contribution in [0.25, 0.3) is 5.76 Å². The van der Waals surface area contributed by atoms with E-state index in [1.807, 2.05) is 14.1 Å². The fourth-order valence-electron chi connectivity index (χ4n) is 4.17. The fraction of sp³-hybridized carbons (Fsp3) is 0.360. The monoisotopic (exact) mass is 469 g/mol. The Morgan fingerprint density at radius 2 is 1.79 bits per heavy atom. The molecule has 180 valence electrons. The molecule has 2 aliphatic rings. The van der Waals surface area contributed by atoms with Crippen LogP contribution in [0.15, 0.2) is 42.0 Å². The largest absolute Gasteiger partial charge is 0.507 e. The molecule has 2 aromatic carbocycles. The molecule has 1 amide bonds. The van der Waals surface area contributed by atoms with Gasteiger partial charge >= 0.3 is 0 Å². The molecule has 2 aromatic rings. The van der Waals surface area contributed by atoms with Gasteiger partial charge in [-0.25, -0.2) is 0 Å². The molecule has 0 bridgehead atoms. The van der Waals surface area contributed by atoms with Crippen LogP contribution in [0.2, 0.25) is 0 Å². The molecular formula is C25H29N2O7+. The second kappa shape index (κ2) is 9.64. The van der Waals surface area contributed by atoms with Gasteiger partial charge in [0.05, 0.1) is 53.0 Å². The molecule has 0 spiro atoms. The molecule has 1 atom stereocenters. The molecule has 0 unspecified atom stereocenters. The van der Waals surface area contributed by atoms with Crippen molar-refractivity contribution in [2.75, 3.05) is 54.6 Å². The van der Waals surface area contributed by atoms with Gasteiger partial charge < -0.3 is 33.9 Å². The van der Waals surface area contributed by atoms with Crippen LogP contribution in [0, 0.1) is 0 Å². The summed E-state index contributed by atoms with van der Waals surface area (Å²) in [4.78, 5) is 29.0. The maximum atomic E-state index is 13.2. The maximum absolute atomic E-state index is 13.2. The van der Waals surface area contributed by atoms with Crippen LogP contribution in [0.1, 0.15) is 17.2 Å². The van der Waals surface area contributed by atoms with Gasteiger partial charge in [-0.15, -0.1) is 0 Å². The first-order valence-electron chi connectivity index (χ1n) is 11.0. The Kier molecular flexibility index (Phi) is 6.65. The van der Waals surface area contributed by atoms with E-state index in [9.17, 15) is 14.7 Å². The summed E-state index contributed by atoms with van der Waals surface area (Å²) in [6.45, 7) is 1.77. The number of aliphatic hydroxyl groups is 1. The lowest BCUT2D eigenvalue weighted by molar-refractivity contribution is -0.857. The Bertz CT molecular complexity index is 1140. The molecule has 0 aromatic heterocycles. The lowest BCUT2D eigenvalue weighted by Crippen LogP contribution is -3.06. The predicted molar refractivity (Wildman–Crippen MR) is 124 cm³/mol.